The van der Waals surface area contributed by atoms with Crippen LogP contribution in [-0.4, -0.2) is 59.1 Å². The molecule has 0 bridgehead atoms. The fourth-order valence-electron chi connectivity index (χ4n) is 3.20. The first-order chi connectivity index (χ1) is 15.8. The highest BCUT2D eigenvalue weighted by Crippen LogP contribution is 2.30. The maximum absolute atomic E-state index is 13.3. The van der Waals surface area contributed by atoms with Crippen LogP contribution in [0.3, 0.4) is 0 Å². The van der Waals surface area contributed by atoms with Gasteiger partial charge in [0.05, 0.1) is 7.11 Å². The van der Waals surface area contributed by atoms with Gasteiger partial charge >= 0.3 is 12.0 Å². The lowest BCUT2D eigenvalue weighted by atomic mass is 10.0. The van der Waals surface area contributed by atoms with E-state index in [4.69, 9.17) is 4.74 Å². The van der Waals surface area contributed by atoms with E-state index in [0.717, 1.165) is 21.8 Å². The van der Waals surface area contributed by atoms with Gasteiger partial charge in [-0.3, -0.25) is 9.69 Å². The van der Waals surface area contributed by atoms with Crippen molar-refractivity contribution >= 4 is 29.7 Å². The molecule has 0 aliphatic carbocycles. The topological polar surface area (TPSA) is 95.9 Å². The van der Waals surface area contributed by atoms with Crippen LogP contribution in [0, 0.1) is 5.92 Å². The number of carboxylic acid groups (broad SMARTS) is 1. The van der Waals surface area contributed by atoms with Crippen molar-refractivity contribution in [3.05, 3.63) is 54.1 Å². The Morgan fingerprint density at radius 1 is 1.09 bits per heavy atom. The number of hydrogen-bond donors (Lipinski definition) is 2. The summed E-state index contributed by atoms with van der Waals surface area (Å²) >= 11 is 1.46. The van der Waals surface area contributed by atoms with Gasteiger partial charge in [-0.15, -0.1) is 0 Å². The highest BCUT2D eigenvalue weighted by Gasteiger charge is 2.27. The first-order valence-electron chi connectivity index (χ1n) is 10.9. The van der Waals surface area contributed by atoms with Crippen molar-refractivity contribution in [2.45, 2.75) is 33.2 Å². The molecule has 0 aromatic heterocycles. The van der Waals surface area contributed by atoms with Gasteiger partial charge in [0.25, 0.3) is 5.91 Å². The quantitative estimate of drug-likeness (QED) is 0.489. The molecule has 2 aromatic carbocycles. The van der Waals surface area contributed by atoms with E-state index in [2.05, 4.69) is 5.32 Å². The Morgan fingerprint density at radius 3 is 2.45 bits per heavy atom. The van der Waals surface area contributed by atoms with Gasteiger partial charge in [0.15, 0.2) is 0 Å². The standard InChI is InChI=1S/C25H32N2O5S/c1-5-13-27(25(31)26-21(24(29)30)16-33-15-17(2)3)23(28)19-10-8-9-18(14-19)20-11-6-7-12-22(20)32-4/h6-12,14,17,21H,5,13,15-16H2,1-4H3,(H,26,31)(H,29,30)/t21-/m0/s1. The number of hydrogen-bond acceptors (Lipinski definition) is 5. The van der Waals surface area contributed by atoms with Crippen molar-refractivity contribution in [2.24, 2.45) is 5.92 Å². The summed E-state index contributed by atoms with van der Waals surface area (Å²) in [6, 6.07) is 12.7. The van der Waals surface area contributed by atoms with Crippen LogP contribution < -0.4 is 10.1 Å². The number of methoxy groups -OCH3 is 1. The summed E-state index contributed by atoms with van der Waals surface area (Å²) < 4.78 is 5.42. The van der Waals surface area contributed by atoms with Gasteiger partial charge in [0, 0.05) is 23.4 Å². The second-order valence-electron chi connectivity index (χ2n) is 8.01. The summed E-state index contributed by atoms with van der Waals surface area (Å²) in [6.07, 6.45) is 0.547. The lowest BCUT2D eigenvalue weighted by Gasteiger charge is -2.24. The van der Waals surface area contributed by atoms with Crippen LogP contribution in [-0.2, 0) is 4.79 Å². The predicted molar refractivity (Wildman–Crippen MR) is 132 cm³/mol. The summed E-state index contributed by atoms with van der Waals surface area (Å²) in [4.78, 5) is 38.9. The molecule has 8 heteroatoms. The maximum atomic E-state index is 13.3. The van der Waals surface area contributed by atoms with Crippen LogP contribution in [0.15, 0.2) is 48.5 Å². The maximum Gasteiger partial charge on any atom is 0.327 e. The zero-order valence-corrected chi connectivity index (χ0v) is 20.4. The molecule has 0 aliphatic rings. The minimum atomic E-state index is -1.12. The molecule has 33 heavy (non-hydrogen) atoms. The van der Waals surface area contributed by atoms with E-state index in [-0.39, 0.29) is 12.3 Å². The van der Waals surface area contributed by atoms with Crippen LogP contribution in [0.25, 0.3) is 11.1 Å². The van der Waals surface area contributed by atoms with Gasteiger partial charge < -0.3 is 15.2 Å². The molecule has 7 nitrogen and oxygen atoms in total. The normalized spacial score (nSPS) is 11.7. The van der Waals surface area contributed by atoms with E-state index in [1.165, 1.54) is 11.8 Å². The fraction of sp³-hybridized carbons (Fsp3) is 0.400. The van der Waals surface area contributed by atoms with E-state index in [1.807, 2.05) is 51.1 Å². The molecule has 0 saturated carbocycles. The first kappa shape index (κ1) is 26.3. The molecule has 0 fully saturated rings. The van der Waals surface area contributed by atoms with Crippen molar-refractivity contribution in [3.8, 4) is 16.9 Å². The molecule has 0 heterocycles. The molecule has 1 atom stereocenters. The number of urea groups is 1. The van der Waals surface area contributed by atoms with Crippen LogP contribution in [0.4, 0.5) is 4.79 Å². The van der Waals surface area contributed by atoms with E-state index in [0.29, 0.717) is 23.7 Å². The molecule has 2 rings (SSSR count). The van der Waals surface area contributed by atoms with Gasteiger partial charge in [-0.25, -0.2) is 9.59 Å². The summed E-state index contributed by atoms with van der Waals surface area (Å²) in [5, 5.41) is 12.0. The Hall–Kier alpha value is -3.00. The number of thioether (sulfide) groups is 1. The lowest BCUT2D eigenvalue weighted by molar-refractivity contribution is -0.138. The Balaban J connectivity index is 2.23. The van der Waals surface area contributed by atoms with Gasteiger partial charge in [-0.05, 0) is 41.9 Å². The SMILES string of the molecule is CCCN(C(=O)N[C@@H](CSCC(C)C)C(=O)O)C(=O)c1cccc(-c2ccccc2OC)c1. The Labute approximate surface area is 199 Å². The number of ether oxygens (including phenoxy) is 1. The van der Waals surface area contributed by atoms with Crippen LogP contribution in [0.5, 0.6) is 5.75 Å². The van der Waals surface area contributed by atoms with E-state index < -0.39 is 23.9 Å². The number of rotatable bonds is 11. The summed E-state index contributed by atoms with van der Waals surface area (Å²) in [6.45, 7) is 6.12. The van der Waals surface area contributed by atoms with Crippen molar-refractivity contribution in [2.75, 3.05) is 25.2 Å². The number of nitrogens with zero attached hydrogens (tertiary/aromatic N) is 1. The van der Waals surface area contributed by atoms with Crippen molar-refractivity contribution in [1.29, 1.82) is 0 Å². The number of para-hydroxylation sites is 1. The third kappa shape index (κ3) is 7.53. The third-order valence-corrected chi connectivity index (χ3v) is 6.27. The smallest absolute Gasteiger partial charge is 0.327 e. The molecular weight excluding hydrogens is 440 g/mol. The number of carbonyl (C=O) groups is 3. The van der Waals surface area contributed by atoms with Crippen molar-refractivity contribution < 1.29 is 24.2 Å². The Kier molecular flexibility index (Phi) is 10.3. The lowest BCUT2D eigenvalue weighted by Crippen LogP contribution is -2.51. The van der Waals surface area contributed by atoms with Crippen molar-refractivity contribution in [3.63, 3.8) is 0 Å². The van der Waals surface area contributed by atoms with Crippen LogP contribution in [0.1, 0.15) is 37.6 Å². The minimum absolute atomic E-state index is 0.176. The molecule has 0 radical (unpaired) electrons. The highest BCUT2D eigenvalue weighted by atomic mass is 32.2. The second-order valence-corrected chi connectivity index (χ2v) is 9.08. The average Bonchev–Trinajstić information content (AvgIpc) is 2.81. The molecule has 2 aromatic rings. The van der Waals surface area contributed by atoms with E-state index in [9.17, 15) is 19.5 Å². The molecule has 2 N–H and O–H groups in total. The number of carboxylic acids is 1. The zero-order valence-electron chi connectivity index (χ0n) is 19.5. The largest absolute Gasteiger partial charge is 0.496 e. The molecule has 3 amide bonds. The average molecular weight is 473 g/mol. The number of aliphatic carboxylic acids is 1. The molecule has 0 spiro atoms. The molecular formula is C25H32N2O5S. The number of imide groups is 1. The number of benzene rings is 2. The second kappa shape index (κ2) is 12.9. The summed E-state index contributed by atoms with van der Waals surface area (Å²) in [7, 11) is 1.58. The number of nitrogens with one attached hydrogen (secondary N) is 1. The summed E-state index contributed by atoms with van der Waals surface area (Å²) in [5.41, 5.74) is 1.95. The fourth-order valence-corrected chi connectivity index (χ4v) is 4.27. The van der Waals surface area contributed by atoms with Gasteiger partial charge in [0.2, 0.25) is 0 Å². The monoisotopic (exact) mass is 472 g/mol. The molecule has 0 saturated heterocycles. The van der Waals surface area contributed by atoms with Gasteiger partial charge in [-0.1, -0.05) is 51.1 Å². The van der Waals surface area contributed by atoms with Crippen LogP contribution in [0.2, 0.25) is 0 Å². The molecule has 0 aliphatic heterocycles. The van der Waals surface area contributed by atoms with Gasteiger partial charge in [0.1, 0.15) is 11.8 Å². The zero-order chi connectivity index (χ0) is 24.4. The van der Waals surface area contributed by atoms with E-state index in [1.54, 1.807) is 25.3 Å². The Bertz CT molecular complexity index is 963. The highest BCUT2D eigenvalue weighted by molar-refractivity contribution is 7.99. The summed E-state index contributed by atoms with van der Waals surface area (Å²) in [5.74, 6) is 0.498. The van der Waals surface area contributed by atoms with Crippen molar-refractivity contribution in [1.82, 2.24) is 10.2 Å². The predicted octanol–water partition coefficient (Wildman–Crippen LogP) is 4.77. The van der Waals surface area contributed by atoms with E-state index >= 15 is 0 Å². The van der Waals surface area contributed by atoms with Gasteiger partial charge in [-0.2, -0.15) is 11.8 Å². The third-order valence-electron chi connectivity index (χ3n) is 4.80. The number of amides is 3. The van der Waals surface area contributed by atoms with Crippen LogP contribution >= 0.6 is 11.8 Å². The molecule has 178 valence electrons. The first-order valence-corrected chi connectivity index (χ1v) is 12.1. The minimum Gasteiger partial charge on any atom is -0.496 e. The molecule has 0 unspecified atom stereocenters. The Morgan fingerprint density at radius 2 is 1.82 bits per heavy atom. The number of carbonyl (C=O) groups excluding carboxylic acids is 2.